The third kappa shape index (κ3) is 4.08. The van der Waals surface area contributed by atoms with Crippen LogP contribution in [-0.2, 0) is 11.2 Å². The van der Waals surface area contributed by atoms with E-state index < -0.39 is 17.7 Å². The molecule has 2 nitrogen and oxygen atoms in total. The second-order valence-corrected chi connectivity index (χ2v) is 4.77. The molecule has 0 aliphatic heterocycles. The summed E-state index contributed by atoms with van der Waals surface area (Å²) in [4.78, 5) is 11.9. The quantitative estimate of drug-likeness (QED) is 0.918. The van der Waals surface area contributed by atoms with Gasteiger partial charge in [0.15, 0.2) is 11.6 Å². The summed E-state index contributed by atoms with van der Waals surface area (Å²) in [6.07, 6.45) is 0.0916. The number of carbonyl (C=O) groups is 1. The van der Waals surface area contributed by atoms with Crippen LogP contribution >= 0.6 is 0 Å². The number of benzene rings is 2. The van der Waals surface area contributed by atoms with Crippen LogP contribution in [0.25, 0.3) is 0 Å². The number of halogens is 3. The first-order chi connectivity index (χ1) is 9.95. The van der Waals surface area contributed by atoms with Gasteiger partial charge in [0, 0.05) is 0 Å². The molecule has 0 bridgehead atoms. The maximum absolute atomic E-state index is 13.1. The van der Waals surface area contributed by atoms with Gasteiger partial charge >= 0.3 is 0 Å². The number of rotatable bonds is 4. The van der Waals surface area contributed by atoms with Crippen LogP contribution in [-0.4, -0.2) is 5.91 Å². The number of nitrogens with one attached hydrogen (secondary N) is 1. The third-order valence-electron chi connectivity index (χ3n) is 3.10. The molecule has 1 N–H and O–H groups in total. The van der Waals surface area contributed by atoms with Gasteiger partial charge in [-0.15, -0.1) is 0 Å². The minimum Gasteiger partial charge on any atom is -0.349 e. The van der Waals surface area contributed by atoms with Crippen LogP contribution in [0.2, 0.25) is 0 Å². The van der Waals surface area contributed by atoms with Crippen LogP contribution in [0.1, 0.15) is 24.1 Å². The molecule has 0 spiro atoms. The van der Waals surface area contributed by atoms with Crippen LogP contribution < -0.4 is 5.32 Å². The summed E-state index contributed by atoms with van der Waals surface area (Å²) < 4.78 is 38.7. The normalized spacial score (nSPS) is 12.0. The van der Waals surface area contributed by atoms with Crippen molar-refractivity contribution >= 4 is 5.91 Å². The molecule has 0 radical (unpaired) electrons. The molecule has 0 heterocycles. The van der Waals surface area contributed by atoms with Gasteiger partial charge in [0.1, 0.15) is 5.82 Å². The van der Waals surface area contributed by atoms with Crippen LogP contribution in [0.4, 0.5) is 13.2 Å². The molecule has 0 saturated heterocycles. The van der Waals surface area contributed by atoms with E-state index in [1.54, 1.807) is 6.92 Å². The van der Waals surface area contributed by atoms with Gasteiger partial charge in [0.2, 0.25) is 5.91 Å². The summed E-state index contributed by atoms with van der Waals surface area (Å²) >= 11 is 0. The Morgan fingerprint density at radius 1 is 1.05 bits per heavy atom. The minimum absolute atomic E-state index is 0.0916. The molecular weight excluding hydrogens is 279 g/mol. The molecule has 1 amide bonds. The first kappa shape index (κ1) is 15.1. The summed E-state index contributed by atoms with van der Waals surface area (Å²) in [5.41, 5.74) is 1.15. The summed E-state index contributed by atoms with van der Waals surface area (Å²) in [5.74, 6) is -2.52. The topological polar surface area (TPSA) is 29.1 Å². The van der Waals surface area contributed by atoms with Gasteiger partial charge < -0.3 is 5.32 Å². The molecular formula is C16H14F3NO. The number of carbonyl (C=O) groups excluding carboxylic acids is 1. The van der Waals surface area contributed by atoms with Crippen molar-refractivity contribution in [1.82, 2.24) is 5.32 Å². The smallest absolute Gasteiger partial charge is 0.224 e. The Hall–Kier alpha value is -2.30. The zero-order chi connectivity index (χ0) is 15.4. The Morgan fingerprint density at radius 2 is 1.71 bits per heavy atom. The van der Waals surface area contributed by atoms with Crippen molar-refractivity contribution in [3.05, 3.63) is 71.0 Å². The molecule has 2 aromatic carbocycles. The van der Waals surface area contributed by atoms with Gasteiger partial charge in [-0.05, 0) is 42.3 Å². The summed E-state index contributed by atoms with van der Waals surface area (Å²) in [5, 5.41) is 2.68. The lowest BCUT2D eigenvalue weighted by atomic mass is 10.1. The van der Waals surface area contributed by atoms with Gasteiger partial charge in [-0.1, -0.05) is 18.2 Å². The molecule has 0 aromatic heterocycles. The highest BCUT2D eigenvalue weighted by molar-refractivity contribution is 5.79. The van der Waals surface area contributed by atoms with Crippen molar-refractivity contribution in [2.75, 3.05) is 0 Å². The molecule has 110 valence electrons. The SMILES string of the molecule is CC(NC(=O)Cc1ccc(F)cc1)c1ccc(F)c(F)c1. The van der Waals surface area contributed by atoms with E-state index in [0.29, 0.717) is 11.1 Å². The predicted octanol–water partition coefficient (Wildman–Crippen LogP) is 3.52. The second-order valence-electron chi connectivity index (χ2n) is 4.77. The number of amides is 1. The largest absolute Gasteiger partial charge is 0.349 e. The van der Waals surface area contributed by atoms with Gasteiger partial charge in [-0.3, -0.25) is 4.79 Å². The first-order valence-electron chi connectivity index (χ1n) is 6.44. The summed E-state index contributed by atoms with van der Waals surface area (Å²) in [6, 6.07) is 8.65. The van der Waals surface area contributed by atoms with Gasteiger partial charge in [-0.2, -0.15) is 0 Å². The third-order valence-corrected chi connectivity index (χ3v) is 3.10. The highest BCUT2D eigenvalue weighted by Crippen LogP contribution is 2.16. The van der Waals surface area contributed by atoms with Crippen LogP contribution in [0, 0.1) is 17.5 Å². The highest BCUT2D eigenvalue weighted by atomic mass is 19.2. The lowest BCUT2D eigenvalue weighted by Crippen LogP contribution is -2.28. The fraction of sp³-hybridized carbons (Fsp3) is 0.188. The molecule has 0 aliphatic rings. The van der Waals surface area contributed by atoms with Crippen molar-refractivity contribution in [1.29, 1.82) is 0 Å². The molecule has 0 saturated carbocycles. The van der Waals surface area contributed by atoms with Crippen molar-refractivity contribution < 1.29 is 18.0 Å². The Bertz CT molecular complexity index is 640. The Labute approximate surface area is 120 Å². The Kier molecular flexibility index (Phi) is 4.62. The average molecular weight is 293 g/mol. The zero-order valence-electron chi connectivity index (χ0n) is 11.4. The fourth-order valence-corrected chi connectivity index (χ4v) is 1.95. The molecule has 21 heavy (non-hydrogen) atoms. The second kappa shape index (κ2) is 6.43. The first-order valence-corrected chi connectivity index (χ1v) is 6.44. The standard InChI is InChI=1S/C16H14F3NO/c1-10(12-4-7-14(18)15(19)9-12)20-16(21)8-11-2-5-13(17)6-3-11/h2-7,9-10H,8H2,1H3,(H,20,21). The lowest BCUT2D eigenvalue weighted by molar-refractivity contribution is -0.121. The predicted molar refractivity (Wildman–Crippen MR) is 73.0 cm³/mol. The van der Waals surface area contributed by atoms with E-state index in [9.17, 15) is 18.0 Å². The van der Waals surface area contributed by atoms with E-state index >= 15 is 0 Å². The van der Waals surface area contributed by atoms with Crippen LogP contribution in [0.15, 0.2) is 42.5 Å². The number of hydrogen-bond acceptors (Lipinski definition) is 1. The van der Waals surface area contributed by atoms with Crippen LogP contribution in [0.5, 0.6) is 0 Å². The zero-order valence-corrected chi connectivity index (χ0v) is 11.4. The lowest BCUT2D eigenvalue weighted by Gasteiger charge is -2.14. The molecule has 5 heteroatoms. The average Bonchev–Trinajstić information content (AvgIpc) is 2.44. The Morgan fingerprint density at radius 3 is 2.33 bits per heavy atom. The van der Waals surface area contributed by atoms with E-state index in [0.717, 1.165) is 12.1 Å². The minimum atomic E-state index is -0.952. The molecule has 0 aliphatic carbocycles. The number of hydrogen-bond donors (Lipinski definition) is 1. The van der Waals surface area contributed by atoms with Crippen LogP contribution in [0.3, 0.4) is 0 Å². The van der Waals surface area contributed by atoms with Crippen molar-refractivity contribution in [2.24, 2.45) is 0 Å². The molecule has 2 aromatic rings. The highest BCUT2D eigenvalue weighted by Gasteiger charge is 2.12. The van der Waals surface area contributed by atoms with Gasteiger partial charge in [0.25, 0.3) is 0 Å². The fourth-order valence-electron chi connectivity index (χ4n) is 1.95. The van der Waals surface area contributed by atoms with E-state index in [2.05, 4.69) is 5.32 Å². The maximum Gasteiger partial charge on any atom is 0.224 e. The molecule has 1 atom stereocenters. The van der Waals surface area contributed by atoms with E-state index in [-0.39, 0.29) is 18.1 Å². The van der Waals surface area contributed by atoms with E-state index in [1.165, 1.54) is 30.3 Å². The van der Waals surface area contributed by atoms with Crippen molar-refractivity contribution in [3.63, 3.8) is 0 Å². The van der Waals surface area contributed by atoms with Gasteiger partial charge in [0.05, 0.1) is 12.5 Å². The molecule has 2 rings (SSSR count). The maximum atomic E-state index is 13.1. The van der Waals surface area contributed by atoms with Crippen molar-refractivity contribution in [3.8, 4) is 0 Å². The summed E-state index contributed by atoms with van der Waals surface area (Å²) in [7, 11) is 0. The van der Waals surface area contributed by atoms with E-state index in [4.69, 9.17) is 0 Å². The molecule has 0 fully saturated rings. The molecule has 1 unspecified atom stereocenters. The van der Waals surface area contributed by atoms with Gasteiger partial charge in [-0.25, -0.2) is 13.2 Å². The Balaban J connectivity index is 1.98. The monoisotopic (exact) mass is 293 g/mol. The summed E-state index contributed by atoms with van der Waals surface area (Å²) in [6.45, 7) is 1.68. The van der Waals surface area contributed by atoms with E-state index in [1.807, 2.05) is 0 Å². The van der Waals surface area contributed by atoms with Crippen molar-refractivity contribution in [2.45, 2.75) is 19.4 Å².